The number of imidazole rings is 1. The Morgan fingerprint density at radius 3 is 2.68 bits per heavy atom. The predicted octanol–water partition coefficient (Wildman–Crippen LogP) is 0.654. The Kier molecular flexibility index (Phi) is 6.11. The summed E-state index contributed by atoms with van der Waals surface area (Å²) in [7, 11) is 1.47. The first-order valence-electron chi connectivity index (χ1n) is 10.8. The van der Waals surface area contributed by atoms with Crippen molar-refractivity contribution in [3.05, 3.63) is 44.2 Å². The van der Waals surface area contributed by atoms with E-state index in [2.05, 4.69) is 25.4 Å². The molecule has 5 heterocycles. The quantitative estimate of drug-likeness (QED) is 0.103. The SMILES string of the molecule is Cn1c([N+](=O)[O-])cnc1-c1nc(C2=C(C(=O)O)N3C(=O)[C@@H](NC(=O)/C(=N\O)c4csc(N)n4)[C@H]3CC2)cs1. The highest BCUT2D eigenvalue weighted by Crippen LogP contribution is 2.41. The zero-order valence-electron chi connectivity index (χ0n) is 19.3. The number of nitrogens with one attached hydrogen (secondary N) is 1. The molecule has 3 aromatic rings. The second kappa shape index (κ2) is 9.30. The number of nitro groups is 1. The highest BCUT2D eigenvalue weighted by molar-refractivity contribution is 7.13. The summed E-state index contributed by atoms with van der Waals surface area (Å²) < 4.78 is 1.27. The van der Waals surface area contributed by atoms with Crippen LogP contribution in [0.3, 0.4) is 0 Å². The van der Waals surface area contributed by atoms with Gasteiger partial charge in [0.05, 0.1) is 18.8 Å². The fraction of sp³-hybridized carbons (Fsp3) is 0.250. The second-order valence-electron chi connectivity index (χ2n) is 8.21. The number of carboxylic acid groups (broad SMARTS) is 1. The Labute approximate surface area is 219 Å². The fourth-order valence-electron chi connectivity index (χ4n) is 4.41. The number of rotatable bonds is 7. The van der Waals surface area contributed by atoms with E-state index in [1.54, 1.807) is 5.38 Å². The zero-order chi connectivity index (χ0) is 27.3. The minimum absolute atomic E-state index is 0.0329. The smallest absolute Gasteiger partial charge is 0.352 e. The number of carbonyl (C=O) groups excluding carboxylic acids is 2. The van der Waals surface area contributed by atoms with Crippen LogP contribution in [0.15, 0.2) is 27.8 Å². The van der Waals surface area contributed by atoms with Crippen molar-refractivity contribution in [2.45, 2.75) is 24.9 Å². The van der Waals surface area contributed by atoms with Crippen molar-refractivity contribution in [3.8, 4) is 10.8 Å². The Morgan fingerprint density at radius 2 is 2.08 bits per heavy atom. The number of amides is 2. The van der Waals surface area contributed by atoms with Crippen molar-refractivity contribution in [2.75, 3.05) is 5.73 Å². The van der Waals surface area contributed by atoms with E-state index in [0.717, 1.165) is 33.8 Å². The lowest BCUT2D eigenvalue weighted by Crippen LogP contribution is -2.72. The minimum Gasteiger partial charge on any atom is -0.477 e. The first-order chi connectivity index (χ1) is 18.1. The Balaban J connectivity index is 1.39. The molecule has 16 nitrogen and oxygen atoms in total. The summed E-state index contributed by atoms with van der Waals surface area (Å²) in [4.78, 5) is 61.9. The van der Waals surface area contributed by atoms with Crippen LogP contribution in [0.2, 0.25) is 0 Å². The van der Waals surface area contributed by atoms with E-state index in [1.807, 2.05) is 0 Å². The summed E-state index contributed by atoms with van der Waals surface area (Å²) in [6.45, 7) is 0. The van der Waals surface area contributed by atoms with E-state index >= 15 is 0 Å². The van der Waals surface area contributed by atoms with Crippen LogP contribution in [0, 0.1) is 10.1 Å². The summed E-state index contributed by atoms with van der Waals surface area (Å²) in [6.07, 6.45) is 1.65. The largest absolute Gasteiger partial charge is 0.477 e. The number of hydrogen-bond acceptors (Lipinski definition) is 13. The minimum atomic E-state index is -1.35. The third kappa shape index (κ3) is 3.95. The van der Waals surface area contributed by atoms with Crippen molar-refractivity contribution in [2.24, 2.45) is 12.2 Å². The number of nitrogens with zero attached hydrogens (tertiary/aromatic N) is 7. The maximum Gasteiger partial charge on any atom is 0.352 e. The molecule has 2 aliphatic heterocycles. The first-order valence-corrected chi connectivity index (χ1v) is 12.5. The van der Waals surface area contributed by atoms with Gasteiger partial charge >= 0.3 is 11.8 Å². The Bertz CT molecular complexity index is 1570. The lowest BCUT2D eigenvalue weighted by atomic mass is 9.82. The lowest BCUT2D eigenvalue weighted by molar-refractivity contribution is -0.391. The molecular weight excluding hydrogens is 542 g/mol. The molecule has 0 radical (unpaired) electrons. The average molecular weight is 560 g/mol. The number of hydrogen-bond donors (Lipinski definition) is 4. The molecule has 0 aromatic carbocycles. The number of nitrogen functional groups attached to an aromatic ring is 1. The third-order valence-corrected chi connectivity index (χ3v) is 7.67. The first kappa shape index (κ1) is 25.0. The van der Waals surface area contributed by atoms with Crippen LogP contribution >= 0.6 is 22.7 Å². The van der Waals surface area contributed by atoms with Gasteiger partial charge in [0.1, 0.15) is 23.6 Å². The number of thiazole rings is 2. The van der Waals surface area contributed by atoms with Crippen LogP contribution in [0.1, 0.15) is 24.2 Å². The van der Waals surface area contributed by atoms with E-state index in [0.29, 0.717) is 22.7 Å². The van der Waals surface area contributed by atoms with Crippen LogP contribution in [0.5, 0.6) is 0 Å². The van der Waals surface area contributed by atoms with Gasteiger partial charge in [-0.2, -0.15) is 0 Å². The van der Waals surface area contributed by atoms with Gasteiger partial charge < -0.3 is 31.5 Å². The van der Waals surface area contributed by atoms with Crippen LogP contribution in [0.4, 0.5) is 10.9 Å². The number of anilines is 1. The lowest BCUT2D eigenvalue weighted by Gasteiger charge is -2.50. The van der Waals surface area contributed by atoms with E-state index in [4.69, 9.17) is 5.73 Å². The number of aliphatic carboxylic acids is 1. The van der Waals surface area contributed by atoms with Crippen LogP contribution < -0.4 is 11.1 Å². The summed E-state index contributed by atoms with van der Waals surface area (Å²) >= 11 is 2.16. The molecule has 2 aliphatic rings. The highest BCUT2D eigenvalue weighted by Gasteiger charge is 2.54. The molecule has 2 amide bonds. The maximum atomic E-state index is 13.0. The Hall–Kier alpha value is -4.71. The normalized spacial score (nSPS) is 19.2. The van der Waals surface area contributed by atoms with Crippen LogP contribution in [-0.2, 0) is 21.4 Å². The van der Waals surface area contributed by atoms with Crippen molar-refractivity contribution < 1.29 is 29.6 Å². The number of nitrogens with two attached hydrogens (primary N) is 1. The third-order valence-electron chi connectivity index (χ3n) is 6.16. The van der Waals surface area contributed by atoms with E-state index in [1.165, 1.54) is 17.0 Å². The second-order valence-corrected chi connectivity index (χ2v) is 9.96. The van der Waals surface area contributed by atoms with Gasteiger partial charge in [-0.3, -0.25) is 14.5 Å². The molecule has 38 heavy (non-hydrogen) atoms. The molecule has 0 aliphatic carbocycles. The topological polar surface area (TPSA) is 232 Å². The van der Waals surface area contributed by atoms with Gasteiger partial charge in [0.2, 0.25) is 0 Å². The molecule has 0 spiro atoms. The average Bonchev–Trinajstić information content (AvgIpc) is 3.62. The molecule has 18 heteroatoms. The molecule has 0 unspecified atom stereocenters. The van der Waals surface area contributed by atoms with Gasteiger partial charge in [-0.1, -0.05) is 5.16 Å². The van der Waals surface area contributed by atoms with Gasteiger partial charge in [-0.05, 0) is 17.8 Å². The van der Waals surface area contributed by atoms with Crippen molar-refractivity contribution in [1.29, 1.82) is 0 Å². The number of oxime groups is 1. The summed E-state index contributed by atoms with van der Waals surface area (Å²) in [6, 6.07) is -1.68. The molecule has 3 aromatic heterocycles. The number of β-lactam (4-membered cyclic amide) rings is 1. The molecule has 1 saturated heterocycles. The number of aromatic nitrogens is 4. The van der Waals surface area contributed by atoms with E-state index < -0.39 is 40.5 Å². The van der Waals surface area contributed by atoms with E-state index in [9.17, 15) is 34.8 Å². The molecule has 0 saturated carbocycles. The van der Waals surface area contributed by atoms with E-state index in [-0.39, 0.29) is 34.6 Å². The van der Waals surface area contributed by atoms with Gasteiger partial charge in [-0.25, -0.2) is 24.3 Å². The molecule has 2 atom stereocenters. The molecule has 0 bridgehead atoms. The predicted molar refractivity (Wildman–Crippen MR) is 132 cm³/mol. The molecule has 196 valence electrons. The van der Waals surface area contributed by atoms with Gasteiger partial charge in [0, 0.05) is 16.3 Å². The number of carbonyl (C=O) groups is 3. The molecule has 1 fully saturated rings. The standard InChI is InChI=1S/C20H17N9O7S2/c1-27-11(29(35)36)4-22-15(27)17-23-8(5-37-17)7-2-3-10-13(18(31)28(10)14(7)19(32)33)25-16(30)12(26-34)9-6-38-20(21)24-9/h4-6,10,13,34H,2-3H2,1H3,(H2,21,24)(H,25,30)(H,32,33)/b26-12-/t10-,13+/m1/s1. The summed E-state index contributed by atoms with van der Waals surface area (Å²) in [5, 5.41) is 39.3. The number of fused-ring (bicyclic) bond motifs is 1. The van der Waals surface area contributed by atoms with Crippen LogP contribution in [-0.4, -0.2) is 75.2 Å². The van der Waals surface area contributed by atoms with Gasteiger partial charge in [0.15, 0.2) is 15.9 Å². The maximum absolute atomic E-state index is 13.0. The highest BCUT2D eigenvalue weighted by atomic mass is 32.1. The zero-order valence-corrected chi connectivity index (χ0v) is 20.9. The van der Waals surface area contributed by atoms with Gasteiger partial charge in [0.25, 0.3) is 17.6 Å². The van der Waals surface area contributed by atoms with Crippen LogP contribution in [0.25, 0.3) is 16.4 Å². The number of allylic oxidation sites excluding steroid dienone is 1. The molecular formula is C20H17N9O7S2. The number of carboxylic acids is 1. The van der Waals surface area contributed by atoms with Crippen molar-refractivity contribution in [1.82, 2.24) is 29.7 Å². The fourth-order valence-corrected chi connectivity index (χ4v) is 5.83. The molecule has 5 rings (SSSR count). The summed E-state index contributed by atoms with van der Waals surface area (Å²) in [5.74, 6) is -2.85. The van der Waals surface area contributed by atoms with Gasteiger partial charge in [-0.15, -0.1) is 22.7 Å². The Morgan fingerprint density at radius 1 is 1.32 bits per heavy atom. The van der Waals surface area contributed by atoms with Crippen molar-refractivity contribution in [3.63, 3.8) is 0 Å². The van der Waals surface area contributed by atoms with Crippen molar-refractivity contribution >= 4 is 62.7 Å². The monoisotopic (exact) mass is 559 g/mol. The molecule has 5 N–H and O–H groups in total. The summed E-state index contributed by atoms with van der Waals surface area (Å²) in [5.41, 5.74) is 5.52.